The van der Waals surface area contributed by atoms with Crippen LogP contribution in [0.5, 0.6) is 0 Å². The second-order valence-corrected chi connectivity index (χ2v) is 13.2. The van der Waals surface area contributed by atoms with Gasteiger partial charge in [0.2, 0.25) is 11.8 Å². The van der Waals surface area contributed by atoms with Gasteiger partial charge >= 0.3 is 0 Å². The van der Waals surface area contributed by atoms with Gasteiger partial charge in [-0.1, -0.05) is 59.7 Å². The second kappa shape index (κ2) is 28.3. The quantitative estimate of drug-likeness (QED) is 0.118. The number of hydrogen-bond donors (Lipinski definition) is 2. The average molecular weight is 837 g/mol. The zero-order valence-electron chi connectivity index (χ0n) is 31.9. The van der Waals surface area contributed by atoms with E-state index in [0.717, 1.165) is 43.3 Å². The average Bonchev–Trinajstić information content (AvgIpc) is 3.17. The van der Waals surface area contributed by atoms with Gasteiger partial charge in [-0.25, -0.2) is 0 Å². The molecule has 4 unspecified atom stereocenters. The van der Waals surface area contributed by atoms with Gasteiger partial charge in [-0.05, 0) is 66.8 Å². The molecule has 3 rings (SSSR count). The fourth-order valence-corrected chi connectivity index (χ4v) is 5.92. The van der Waals surface area contributed by atoms with Crippen molar-refractivity contribution in [3.05, 3.63) is 81.6 Å². The van der Waals surface area contributed by atoms with E-state index in [-0.39, 0.29) is 47.5 Å². The summed E-state index contributed by atoms with van der Waals surface area (Å²) in [7, 11) is 10.3. The number of nitrogens with zero attached hydrogens (tertiary/aromatic N) is 8. The van der Waals surface area contributed by atoms with E-state index >= 15 is 0 Å². The van der Waals surface area contributed by atoms with Crippen molar-refractivity contribution in [2.45, 2.75) is 38.5 Å². The lowest BCUT2D eigenvalue weighted by molar-refractivity contribution is 0.153. The topological polar surface area (TPSA) is 160 Å². The van der Waals surface area contributed by atoms with E-state index in [1.165, 1.54) is 0 Å². The van der Waals surface area contributed by atoms with Crippen LogP contribution in [0.1, 0.15) is 38.5 Å². The van der Waals surface area contributed by atoms with Crippen molar-refractivity contribution in [2.75, 3.05) is 69.0 Å². The molecule has 0 fully saturated rings. The highest BCUT2D eigenvalue weighted by Crippen LogP contribution is 2.34. The lowest BCUT2D eigenvalue weighted by Gasteiger charge is -2.30. The van der Waals surface area contributed by atoms with Gasteiger partial charge in [0, 0.05) is 52.3 Å². The Balaban J connectivity index is 0.000000657. The zero-order valence-corrected chi connectivity index (χ0v) is 34.9. The summed E-state index contributed by atoms with van der Waals surface area (Å²) in [6.07, 6.45) is 16.4. The van der Waals surface area contributed by atoms with Crippen molar-refractivity contribution in [1.29, 1.82) is 0 Å². The number of rotatable bonds is 18. The standard InChI is InChI=1S/C26H40Cl2N4O4.C8H14O2.C2Cl2N4/c1-8-18(14-19(16-33-4)21-15-23(35-6)29-31(2)24(21)27)12-10-9-11-13-20-22(17-34-5)25(28)32(3)30-26(20)36-7;1-2-8(7-10)5-3-4-6-9;3-1-5-7-2(4)8-6-1/h8-10,18-20H,1,11-17H2,2-7H3;2-4,8-10H,1,5-7H2;/b10-9-;4-3-;. The fourth-order valence-electron chi connectivity index (χ4n) is 5.29. The largest absolute Gasteiger partial charge is 0.483 e. The highest BCUT2D eigenvalue weighted by atomic mass is 35.5. The number of allylic oxidation sites excluding steroid dienone is 4. The third-order valence-electron chi connectivity index (χ3n) is 8.13. The number of aromatic nitrogens is 4. The monoisotopic (exact) mass is 834 g/mol. The predicted molar refractivity (Wildman–Crippen MR) is 216 cm³/mol. The van der Waals surface area contributed by atoms with Crippen molar-refractivity contribution < 1.29 is 29.2 Å². The van der Waals surface area contributed by atoms with E-state index in [1.807, 2.05) is 19.2 Å². The Bertz CT molecular complexity index is 1440. The molecule has 18 heteroatoms. The maximum Gasteiger partial charge on any atom is 0.263 e. The molecule has 14 nitrogen and oxygen atoms in total. The molecule has 0 aromatic carbocycles. The maximum absolute atomic E-state index is 8.66. The summed E-state index contributed by atoms with van der Waals surface area (Å²) in [5, 5.41) is 43.4. The molecular weight excluding hydrogens is 782 g/mol. The highest BCUT2D eigenvalue weighted by molar-refractivity contribution is 6.30. The summed E-state index contributed by atoms with van der Waals surface area (Å²) in [5.41, 5.74) is 2.06. The van der Waals surface area contributed by atoms with Crippen LogP contribution in [0.4, 0.5) is 0 Å². The van der Waals surface area contributed by atoms with Gasteiger partial charge in [0.25, 0.3) is 10.6 Å². The Kier molecular flexibility index (Phi) is 25.7. The molecule has 54 heavy (non-hydrogen) atoms. The van der Waals surface area contributed by atoms with Crippen LogP contribution in [0.25, 0.3) is 0 Å². The first-order valence-electron chi connectivity index (χ1n) is 17.1. The Morgan fingerprint density at radius 3 is 1.91 bits per heavy atom. The fraction of sp³-hybridized carbons (Fsp3) is 0.556. The lowest BCUT2D eigenvalue weighted by atomic mass is 9.85. The SMILES string of the molecule is C=CC(C/C=C\CCC1C(OC)=NN(C)C(Cl)=C1COC)CC(COC)C1=C(Cl)N(C)N=C(OC)C1.C=CC(CO)C/C=C\CO.Clc1nnc(Cl)nn1. The van der Waals surface area contributed by atoms with Gasteiger partial charge in [-0.15, -0.1) is 43.8 Å². The predicted octanol–water partition coefficient (Wildman–Crippen LogP) is 6.82. The summed E-state index contributed by atoms with van der Waals surface area (Å²) in [4.78, 5) is 0. The van der Waals surface area contributed by atoms with Crippen molar-refractivity contribution >= 4 is 58.2 Å². The molecule has 0 bridgehead atoms. The summed E-state index contributed by atoms with van der Waals surface area (Å²) in [5.74, 6) is 1.80. The van der Waals surface area contributed by atoms with Crippen molar-refractivity contribution in [3.63, 3.8) is 0 Å². The van der Waals surface area contributed by atoms with Crippen LogP contribution in [0, 0.1) is 23.7 Å². The smallest absolute Gasteiger partial charge is 0.263 e. The van der Waals surface area contributed by atoms with Gasteiger partial charge in [-0.3, -0.25) is 10.0 Å². The molecule has 2 N–H and O–H groups in total. The molecule has 2 aliphatic rings. The minimum absolute atomic E-state index is 0.00519. The number of aliphatic hydroxyl groups excluding tert-OH is 2. The van der Waals surface area contributed by atoms with Crippen LogP contribution in [-0.4, -0.2) is 121 Å². The normalized spacial score (nSPS) is 17.6. The first-order chi connectivity index (χ1) is 25.9. The molecule has 0 amide bonds. The minimum atomic E-state index is -0.0152. The number of halogens is 4. The summed E-state index contributed by atoms with van der Waals surface area (Å²) >= 11 is 23.5. The number of hydrogen-bond acceptors (Lipinski definition) is 14. The number of methoxy groups -OCH3 is 4. The van der Waals surface area contributed by atoms with Gasteiger partial charge in [0.05, 0.1) is 46.4 Å². The van der Waals surface area contributed by atoms with Gasteiger partial charge in [0.1, 0.15) is 10.3 Å². The van der Waals surface area contributed by atoms with Gasteiger partial charge in [0.15, 0.2) is 0 Å². The lowest BCUT2D eigenvalue weighted by Crippen LogP contribution is -2.31. The number of hydrazone groups is 2. The van der Waals surface area contributed by atoms with Crippen LogP contribution < -0.4 is 0 Å². The Morgan fingerprint density at radius 1 is 0.796 bits per heavy atom. The molecule has 1 aromatic heterocycles. The first kappa shape index (κ1) is 48.9. The third kappa shape index (κ3) is 17.6. The van der Waals surface area contributed by atoms with Gasteiger partial charge in [-0.2, -0.15) is 0 Å². The van der Waals surface area contributed by atoms with E-state index in [2.05, 4.69) is 55.9 Å². The van der Waals surface area contributed by atoms with E-state index in [4.69, 9.17) is 75.6 Å². The molecule has 0 radical (unpaired) electrons. The third-order valence-corrected chi connectivity index (χ3v) is 9.41. The van der Waals surface area contributed by atoms with Crippen LogP contribution in [0.2, 0.25) is 10.6 Å². The van der Waals surface area contributed by atoms with Crippen LogP contribution in [0.15, 0.2) is 81.3 Å². The molecule has 0 saturated heterocycles. The molecule has 302 valence electrons. The van der Waals surface area contributed by atoms with Crippen molar-refractivity contribution in [3.8, 4) is 0 Å². The Hall–Kier alpha value is -3.08. The summed E-state index contributed by atoms with van der Waals surface area (Å²) in [6, 6.07) is 0. The molecule has 4 atom stereocenters. The van der Waals surface area contributed by atoms with Crippen LogP contribution >= 0.6 is 46.4 Å². The first-order valence-corrected chi connectivity index (χ1v) is 18.6. The Morgan fingerprint density at radius 2 is 1.39 bits per heavy atom. The van der Waals surface area contributed by atoms with E-state index in [0.29, 0.717) is 41.7 Å². The van der Waals surface area contributed by atoms with E-state index in [9.17, 15) is 0 Å². The Labute approximate surface area is 339 Å². The van der Waals surface area contributed by atoms with E-state index in [1.54, 1.807) is 57.7 Å². The zero-order chi connectivity index (χ0) is 40.5. The second-order valence-electron chi connectivity index (χ2n) is 11.9. The molecular formula is C36H54Cl4N8O6. The highest BCUT2D eigenvalue weighted by Gasteiger charge is 2.30. The van der Waals surface area contributed by atoms with E-state index < -0.39 is 0 Å². The number of aliphatic hydroxyl groups is 2. The molecule has 3 heterocycles. The maximum atomic E-state index is 8.66. The van der Waals surface area contributed by atoms with Crippen LogP contribution in [-0.2, 0) is 18.9 Å². The van der Waals surface area contributed by atoms with Crippen molar-refractivity contribution in [1.82, 2.24) is 30.4 Å². The molecule has 0 saturated carbocycles. The molecule has 0 spiro atoms. The molecule has 0 aliphatic carbocycles. The molecule has 1 aromatic rings. The molecule has 2 aliphatic heterocycles. The van der Waals surface area contributed by atoms with Crippen LogP contribution in [0.3, 0.4) is 0 Å². The summed E-state index contributed by atoms with van der Waals surface area (Å²) < 4.78 is 21.9. The van der Waals surface area contributed by atoms with Crippen molar-refractivity contribution in [2.24, 2.45) is 33.9 Å². The van der Waals surface area contributed by atoms with Gasteiger partial charge < -0.3 is 29.2 Å². The minimum Gasteiger partial charge on any atom is -0.483 e. The number of ether oxygens (including phenoxy) is 4. The summed E-state index contributed by atoms with van der Waals surface area (Å²) in [6.45, 7) is 8.81.